The average Bonchev–Trinajstić information content (AvgIpc) is 2.43. The third-order valence-electron chi connectivity index (χ3n) is 2.37. The van der Waals surface area contributed by atoms with Gasteiger partial charge in [-0.2, -0.15) is 10.5 Å². The minimum atomic E-state index is -0.627. The van der Waals surface area contributed by atoms with Crippen molar-refractivity contribution in [2.24, 2.45) is 0 Å². The molecule has 5 nitrogen and oxygen atoms in total. The predicted molar refractivity (Wildman–Crippen MR) is 66.1 cm³/mol. The summed E-state index contributed by atoms with van der Waals surface area (Å²) in [5.41, 5.74) is 0.198. The van der Waals surface area contributed by atoms with Gasteiger partial charge in [0.15, 0.2) is 5.78 Å². The van der Waals surface area contributed by atoms with Crippen LogP contribution in [0, 0.1) is 22.7 Å². The molecule has 0 saturated carbocycles. The largest absolute Gasteiger partial charge is 0.465 e. The number of carbonyl (C=O) groups is 2. The highest BCUT2D eigenvalue weighted by atomic mass is 16.5. The van der Waals surface area contributed by atoms with Crippen LogP contribution in [0.2, 0.25) is 0 Å². The number of ketones is 1. The molecule has 0 heterocycles. The first-order valence-electron chi connectivity index (χ1n) is 5.76. The third-order valence-corrected chi connectivity index (χ3v) is 2.37. The first kappa shape index (κ1) is 14.4. The van der Waals surface area contributed by atoms with Gasteiger partial charge < -0.3 is 4.74 Å². The number of hydrogen-bond donors (Lipinski definition) is 0. The van der Waals surface area contributed by atoms with Crippen LogP contribution in [0.5, 0.6) is 0 Å². The van der Waals surface area contributed by atoms with Gasteiger partial charge in [0.2, 0.25) is 0 Å². The van der Waals surface area contributed by atoms with Gasteiger partial charge in [0, 0.05) is 5.56 Å². The summed E-state index contributed by atoms with van der Waals surface area (Å²) in [6, 6.07) is 8.03. The highest BCUT2D eigenvalue weighted by molar-refractivity contribution is 6.07. The van der Waals surface area contributed by atoms with Crippen molar-refractivity contribution >= 4 is 11.8 Å². The molecule has 0 bridgehead atoms. The summed E-state index contributed by atoms with van der Waals surface area (Å²) in [5, 5.41) is 17.8. The maximum Gasteiger partial charge on any atom is 0.313 e. The molecular weight excluding hydrogens is 244 g/mol. The lowest BCUT2D eigenvalue weighted by Gasteiger charge is -2.05. The van der Waals surface area contributed by atoms with Crippen LogP contribution in [0.1, 0.15) is 41.3 Å². The van der Waals surface area contributed by atoms with Crippen LogP contribution in [0.3, 0.4) is 0 Å². The molecule has 0 N–H and O–H groups in total. The quantitative estimate of drug-likeness (QED) is 0.456. The zero-order valence-corrected chi connectivity index (χ0v) is 10.5. The number of hydrogen-bond acceptors (Lipinski definition) is 5. The summed E-state index contributed by atoms with van der Waals surface area (Å²) in [7, 11) is 0. The fraction of sp³-hybridized carbons (Fsp3) is 0.286. The molecule has 5 heteroatoms. The Hall–Kier alpha value is -2.66. The van der Waals surface area contributed by atoms with Crippen molar-refractivity contribution in [3.8, 4) is 12.1 Å². The third kappa shape index (κ3) is 3.65. The smallest absolute Gasteiger partial charge is 0.313 e. The molecular formula is C14H12N2O3. The number of rotatable bonds is 5. The summed E-state index contributed by atoms with van der Waals surface area (Å²) in [6.07, 6.45) is 0.247. The van der Waals surface area contributed by atoms with Crippen molar-refractivity contribution in [3.05, 3.63) is 34.9 Å². The van der Waals surface area contributed by atoms with E-state index in [1.807, 2.05) is 19.1 Å². The van der Waals surface area contributed by atoms with Gasteiger partial charge in [-0.3, -0.25) is 9.59 Å². The molecule has 19 heavy (non-hydrogen) atoms. The SMILES string of the molecule is CCCOC(=O)CC(=O)c1cccc(C#N)c1C#N. The molecule has 0 aliphatic rings. The zero-order valence-electron chi connectivity index (χ0n) is 10.5. The van der Waals surface area contributed by atoms with E-state index in [0.29, 0.717) is 6.42 Å². The molecule has 0 aliphatic heterocycles. The molecule has 0 unspecified atom stereocenters. The molecule has 0 aliphatic carbocycles. The molecule has 0 saturated heterocycles. The minimum Gasteiger partial charge on any atom is -0.465 e. The van der Waals surface area contributed by atoms with E-state index in [4.69, 9.17) is 15.3 Å². The van der Waals surface area contributed by atoms with Crippen LogP contribution in [-0.2, 0) is 9.53 Å². The van der Waals surface area contributed by atoms with E-state index < -0.39 is 18.2 Å². The Morgan fingerprint density at radius 3 is 2.58 bits per heavy atom. The lowest BCUT2D eigenvalue weighted by Crippen LogP contribution is -2.13. The molecule has 0 radical (unpaired) electrons. The molecule has 0 fully saturated rings. The van der Waals surface area contributed by atoms with E-state index in [1.165, 1.54) is 18.2 Å². The van der Waals surface area contributed by atoms with Gasteiger partial charge >= 0.3 is 5.97 Å². The van der Waals surface area contributed by atoms with E-state index in [1.54, 1.807) is 0 Å². The number of esters is 1. The van der Waals surface area contributed by atoms with Crippen LogP contribution >= 0.6 is 0 Å². The summed E-state index contributed by atoms with van der Waals surface area (Å²) >= 11 is 0. The van der Waals surface area contributed by atoms with Crippen LogP contribution in [-0.4, -0.2) is 18.4 Å². The van der Waals surface area contributed by atoms with Gasteiger partial charge in [0.05, 0.1) is 17.7 Å². The summed E-state index contributed by atoms with van der Waals surface area (Å²) in [4.78, 5) is 23.3. The zero-order chi connectivity index (χ0) is 14.3. The van der Waals surface area contributed by atoms with Gasteiger partial charge in [-0.25, -0.2) is 0 Å². The Kier molecular flexibility index (Phi) is 5.25. The fourth-order valence-corrected chi connectivity index (χ4v) is 1.49. The molecule has 0 spiro atoms. The van der Waals surface area contributed by atoms with E-state index in [-0.39, 0.29) is 23.3 Å². The topological polar surface area (TPSA) is 90.9 Å². The minimum absolute atomic E-state index is 0.00158. The van der Waals surface area contributed by atoms with Gasteiger partial charge in [-0.15, -0.1) is 0 Å². The number of ether oxygens (including phenoxy) is 1. The maximum absolute atomic E-state index is 11.9. The molecule has 1 aromatic carbocycles. The van der Waals surface area contributed by atoms with Crippen LogP contribution in [0.25, 0.3) is 0 Å². The monoisotopic (exact) mass is 256 g/mol. The van der Waals surface area contributed by atoms with Crippen molar-refractivity contribution < 1.29 is 14.3 Å². The molecule has 1 aromatic rings. The standard InChI is InChI=1S/C14H12N2O3/c1-2-6-19-14(18)7-13(17)11-5-3-4-10(8-15)12(11)9-16/h3-5H,2,6-7H2,1H3. The second-order valence-electron chi connectivity index (χ2n) is 3.77. The Morgan fingerprint density at radius 2 is 2.00 bits per heavy atom. The highest BCUT2D eigenvalue weighted by Gasteiger charge is 2.18. The number of carbonyl (C=O) groups excluding carboxylic acids is 2. The fourth-order valence-electron chi connectivity index (χ4n) is 1.49. The van der Waals surface area contributed by atoms with E-state index in [2.05, 4.69) is 0 Å². The van der Waals surface area contributed by atoms with Gasteiger partial charge in [-0.05, 0) is 18.6 Å². The van der Waals surface area contributed by atoms with Crippen molar-refractivity contribution in [3.63, 3.8) is 0 Å². The first-order valence-corrected chi connectivity index (χ1v) is 5.76. The van der Waals surface area contributed by atoms with Crippen LogP contribution in [0.15, 0.2) is 18.2 Å². The average molecular weight is 256 g/mol. The summed E-state index contributed by atoms with van der Waals surface area (Å²) in [6.45, 7) is 2.11. The number of Topliss-reactive ketones (excluding diaryl/α,β-unsaturated/α-hetero) is 1. The van der Waals surface area contributed by atoms with Gasteiger partial charge in [0.25, 0.3) is 0 Å². The molecule has 0 atom stereocenters. The van der Waals surface area contributed by atoms with E-state index in [0.717, 1.165) is 0 Å². The van der Waals surface area contributed by atoms with Crippen molar-refractivity contribution in [1.82, 2.24) is 0 Å². The number of benzene rings is 1. The van der Waals surface area contributed by atoms with Crippen molar-refractivity contribution in [2.75, 3.05) is 6.61 Å². The highest BCUT2D eigenvalue weighted by Crippen LogP contribution is 2.15. The number of nitriles is 2. The van der Waals surface area contributed by atoms with Crippen molar-refractivity contribution in [1.29, 1.82) is 10.5 Å². The second-order valence-corrected chi connectivity index (χ2v) is 3.77. The van der Waals surface area contributed by atoms with Gasteiger partial charge in [-0.1, -0.05) is 13.0 Å². The second kappa shape index (κ2) is 6.93. The van der Waals surface area contributed by atoms with Crippen molar-refractivity contribution in [2.45, 2.75) is 19.8 Å². The molecule has 0 aromatic heterocycles. The maximum atomic E-state index is 11.9. The van der Waals surface area contributed by atoms with Gasteiger partial charge in [0.1, 0.15) is 18.6 Å². The molecule has 1 rings (SSSR count). The predicted octanol–water partition coefficient (Wildman–Crippen LogP) is 1.96. The number of nitrogens with zero attached hydrogens (tertiary/aromatic N) is 2. The Morgan fingerprint density at radius 1 is 1.26 bits per heavy atom. The Labute approximate surface area is 111 Å². The van der Waals surface area contributed by atoms with E-state index in [9.17, 15) is 9.59 Å². The Bertz CT molecular complexity index is 579. The normalized spacial score (nSPS) is 9.21. The summed E-state index contributed by atoms with van der Waals surface area (Å²) < 4.78 is 4.81. The lowest BCUT2D eigenvalue weighted by atomic mass is 9.98. The summed E-state index contributed by atoms with van der Waals surface area (Å²) in [5.74, 6) is -1.15. The van der Waals surface area contributed by atoms with E-state index >= 15 is 0 Å². The molecule has 0 amide bonds. The Balaban J connectivity index is 2.93. The molecule has 96 valence electrons. The lowest BCUT2D eigenvalue weighted by molar-refractivity contribution is -0.142. The first-order chi connectivity index (χ1) is 9.13. The van der Waals surface area contributed by atoms with Crippen LogP contribution < -0.4 is 0 Å². The van der Waals surface area contributed by atoms with Crippen LogP contribution in [0.4, 0.5) is 0 Å².